The van der Waals surface area contributed by atoms with Gasteiger partial charge in [-0.2, -0.15) is 0 Å². The van der Waals surface area contributed by atoms with Crippen molar-refractivity contribution in [3.63, 3.8) is 0 Å². The number of esters is 1. The van der Waals surface area contributed by atoms with Crippen LogP contribution in [0.4, 0.5) is 0 Å². The first-order valence-electron chi connectivity index (χ1n) is 5.14. The van der Waals surface area contributed by atoms with Gasteiger partial charge < -0.3 is 14.5 Å². The molecule has 0 aromatic rings. The molecule has 2 saturated heterocycles. The average Bonchev–Trinajstić information content (AvgIpc) is 2.14. The lowest BCUT2D eigenvalue weighted by Crippen LogP contribution is -2.66. The van der Waals surface area contributed by atoms with Crippen molar-refractivity contribution in [1.29, 1.82) is 0 Å². The summed E-state index contributed by atoms with van der Waals surface area (Å²) in [6.45, 7) is 5.27. The maximum absolute atomic E-state index is 12.0. The highest BCUT2D eigenvalue weighted by atomic mass is 16.6. The van der Waals surface area contributed by atoms with Gasteiger partial charge >= 0.3 is 5.97 Å². The second-order valence-electron chi connectivity index (χ2n) is 4.71. The predicted octanol–water partition coefficient (Wildman–Crippen LogP) is -0.536. The molecular formula is C10H16N2O3. The molecule has 0 saturated carbocycles. The fourth-order valence-electron chi connectivity index (χ4n) is 2.07. The van der Waals surface area contributed by atoms with E-state index in [9.17, 15) is 9.59 Å². The summed E-state index contributed by atoms with van der Waals surface area (Å²) in [6.07, 6.45) is 0. The van der Waals surface area contributed by atoms with Crippen molar-refractivity contribution in [2.75, 3.05) is 26.7 Å². The fraction of sp³-hybridized carbons (Fsp3) is 0.800. The van der Waals surface area contributed by atoms with Crippen LogP contribution in [-0.2, 0) is 14.3 Å². The minimum atomic E-state index is -0.997. The molecule has 1 unspecified atom stereocenters. The van der Waals surface area contributed by atoms with Gasteiger partial charge in [-0.15, -0.1) is 0 Å². The smallest absolute Gasteiger partial charge is 0.331 e. The van der Waals surface area contributed by atoms with Gasteiger partial charge in [-0.3, -0.25) is 4.79 Å². The molecule has 0 N–H and O–H groups in total. The number of hydrogen-bond acceptors (Lipinski definition) is 4. The number of rotatable bonds is 0. The Labute approximate surface area is 89.0 Å². The molecule has 0 aliphatic carbocycles. The Balaban J connectivity index is 2.24. The third kappa shape index (κ3) is 1.61. The lowest BCUT2D eigenvalue weighted by atomic mass is 10.0. The number of likely N-dealkylation sites (N-methyl/N-ethyl adjacent to an activating group) is 1. The quantitative estimate of drug-likeness (QED) is 0.506. The highest BCUT2D eigenvalue weighted by Crippen LogP contribution is 2.25. The summed E-state index contributed by atoms with van der Waals surface area (Å²) < 4.78 is 5.15. The van der Waals surface area contributed by atoms with Crippen LogP contribution in [0.15, 0.2) is 0 Å². The molecule has 0 bridgehead atoms. The van der Waals surface area contributed by atoms with Crippen molar-refractivity contribution in [3.8, 4) is 0 Å². The summed E-state index contributed by atoms with van der Waals surface area (Å²) in [4.78, 5) is 27.3. The molecular weight excluding hydrogens is 196 g/mol. The van der Waals surface area contributed by atoms with Crippen LogP contribution >= 0.6 is 0 Å². The number of carbonyl (C=O) groups is 2. The molecule has 0 aromatic carbocycles. The predicted molar refractivity (Wildman–Crippen MR) is 53.2 cm³/mol. The van der Waals surface area contributed by atoms with Crippen molar-refractivity contribution < 1.29 is 14.3 Å². The second kappa shape index (κ2) is 3.20. The first-order valence-corrected chi connectivity index (χ1v) is 5.14. The maximum atomic E-state index is 12.0. The Morgan fingerprint density at radius 2 is 2.00 bits per heavy atom. The lowest BCUT2D eigenvalue weighted by molar-refractivity contribution is -0.192. The van der Waals surface area contributed by atoms with Crippen molar-refractivity contribution in [2.45, 2.75) is 25.5 Å². The van der Waals surface area contributed by atoms with Crippen LogP contribution in [0, 0.1) is 0 Å². The largest absolute Gasteiger partial charge is 0.448 e. The van der Waals surface area contributed by atoms with E-state index in [4.69, 9.17) is 4.74 Å². The Kier molecular flexibility index (Phi) is 2.22. The normalized spacial score (nSPS) is 31.1. The number of piperazine rings is 1. The summed E-state index contributed by atoms with van der Waals surface area (Å²) in [5.74, 6) is -0.369. The molecule has 5 heteroatoms. The molecule has 2 heterocycles. The van der Waals surface area contributed by atoms with Crippen LogP contribution in [0.25, 0.3) is 0 Å². The van der Waals surface area contributed by atoms with Crippen molar-refractivity contribution in [1.82, 2.24) is 9.80 Å². The zero-order valence-corrected chi connectivity index (χ0v) is 9.32. The van der Waals surface area contributed by atoms with Gasteiger partial charge in [0.25, 0.3) is 5.91 Å². The number of morpholine rings is 1. The van der Waals surface area contributed by atoms with E-state index in [1.807, 2.05) is 11.9 Å². The standard InChI is InChI=1S/C10H16N2O3/c1-10(2)9(14)12-5-4-11(3)6-7(12)8(13)15-10/h7H,4-6H2,1-3H3. The van der Waals surface area contributed by atoms with Gasteiger partial charge in [-0.1, -0.05) is 0 Å². The number of fused-ring (bicyclic) bond motifs is 1. The topological polar surface area (TPSA) is 49.9 Å². The first kappa shape index (κ1) is 10.4. The zero-order chi connectivity index (χ0) is 11.2. The summed E-state index contributed by atoms with van der Waals surface area (Å²) >= 11 is 0. The van der Waals surface area contributed by atoms with E-state index >= 15 is 0 Å². The van der Waals surface area contributed by atoms with Crippen LogP contribution in [-0.4, -0.2) is 60.0 Å². The minimum Gasteiger partial charge on any atom is -0.448 e. The molecule has 1 atom stereocenters. The van der Waals surface area contributed by atoms with Crippen LogP contribution in [0.2, 0.25) is 0 Å². The summed E-state index contributed by atoms with van der Waals surface area (Å²) in [5.41, 5.74) is -0.997. The Hall–Kier alpha value is -1.10. The van der Waals surface area contributed by atoms with E-state index in [-0.39, 0.29) is 11.9 Å². The van der Waals surface area contributed by atoms with Crippen molar-refractivity contribution in [2.24, 2.45) is 0 Å². The molecule has 2 rings (SSSR count). The maximum Gasteiger partial charge on any atom is 0.331 e. The molecule has 5 nitrogen and oxygen atoms in total. The number of carbonyl (C=O) groups excluding carboxylic acids is 2. The van der Waals surface area contributed by atoms with E-state index < -0.39 is 11.6 Å². The lowest BCUT2D eigenvalue weighted by Gasteiger charge is -2.46. The molecule has 0 radical (unpaired) electrons. The molecule has 0 spiro atoms. The van der Waals surface area contributed by atoms with Crippen molar-refractivity contribution in [3.05, 3.63) is 0 Å². The van der Waals surface area contributed by atoms with Gasteiger partial charge in [-0.05, 0) is 20.9 Å². The van der Waals surface area contributed by atoms with E-state index in [0.717, 1.165) is 6.54 Å². The molecule has 0 aromatic heterocycles. The van der Waals surface area contributed by atoms with Crippen LogP contribution in [0.1, 0.15) is 13.8 Å². The summed E-state index contributed by atoms with van der Waals surface area (Å²) in [7, 11) is 1.94. The SMILES string of the molecule is CN1CCN2C(=O)C(C)(C)OC(=O)C2C1. The number of cyclic esters (lactones) is 1. The van der Waals surface area contributed by atoms with Gasteiger partial charge in [0, 0.05) is 19.6 Å². The van der Waals surface area contributed by atoms with Gasteiger partial charge in [0.2, 0.25) is 0 Å². The summed E-state index contributed by atoms with van der Waals surface area (Å²) in [5, 5.41) is 0. The van der Waals surface area contributed by atoms with Gasteiger partial charge in [0.15, 0.2) is 5.60 Å². The van der Waals surface area contributed by atoms with Crippen LogP contribution in [0.3, 0.4) is 0 Å². The first-order chi connectivity index (χ1) is 6.92. The Morgan fingerprint density at radius 1 is 1.33 bits per heavy atom. The van der Waals surface area contributed by atoms with Crippen LogP contribution < -0.4 is 0 Å². The highest BCUT2D eigenvalue weighted by Gasteiger charge is 2.48. The fourth-order valence-corrected chi connectivity index (χ4v) is 2.07. The van der Waals surface area contributed by atoms with E-state index in [2.05, 4.69) is 0 Å². The molecule has 1 amide bonds. The zero-order valence-electron chi connectivity index (χ0n) is 9.32. The minimum absolute atomic E-state index is 0.0831. The van der Waals surface area contributed by atoms with Gasteiger partial charge in [-0.25, -0.2) is 4.79 Å². The third-order valence-corrected chi connectivity index (χ3v) is 2.99. The van der Waals surface area contributed by atoms with E-state index in [0.29, 0.717) is 13.1 Å². The second-order valence-corrected chi connectivity index (χ2v) is 4.71. The number of nitrogens with zero attached hydrogens (tertiary/aromatic N) is 2. The third-order valence-electron chi connectivity index (χ3n) is 2.99. The molecule has 15 heavy (non-hydrogen) atoms. The molecule has 2 fully saturated rings. The highest BCUT2D eigenvalue weighted by molar-refractivity contribution is 5.95. The van der Waals surface area contributed by atoms with E-state index in [1.54, 1.807) is 18.7 Å². The summed E-state index contributed by atoms with van der Waals surface area (Å²) in [6, 6.07) is -0.413. The number of ether oxygens (including phenoxy) is 1. The molecule has 2 aliphatic rings. The monoisotopic (exact) mass is 212 g/mol. The van der Waals surface area contributed by atoms with Crippen molar-refractivity contribution >= 4 is 11.9 Å². The Bertz CT molecular complexity index is 314. The van der Waals surface area contributed by atoms with E-state index in [1.165, 1.54) is 0 Å². The Morgan fingerprint density at radius 3 is 2.67 bits per heavy atom. The average molecular weight is 212 g/mol. The molecule has 84 valence electrons. The van der Waals surface area contributed by atoms with Crippen LogP contribution in [0.5, 0.6) is 0 Å². The number of amides is 1. The number of hydrogen-bond donors (Lipinski definition) is 0. The molecule has 2 aliphatic heterocycles. The van der Waals surface area contributed by atoms with Gasteiger partial charge in [0.05, 0.1) is 0 Å². The van der Waals surface area contributed by atoms with Gasteiger partial charge in [0.1, 0.15) is 6.04 Å².